The van der Waals surface area contributed by atoms with Crippen LogP contribution in [-0.4, -0.2) is 23.2 Å². The first-order chi connectivity index (χ1) is 10.2. The van der Waals surface area contributed by atoms with E-state index in [0.717, 1.165) is 24.6 Å². The fourth-order valence-electron chi connectivity index (χ4n) is 3.79. The molecule has 2 aliphatic rings. The summed E-state index contributed by atoms with van der Waals surface area (Å²) in [5.74, 6) is 2.08. The Bertz CT molecular complexity index is 666. The van der Waals surface area contributed by atoms with E-state index in [1.165, 1.54) is 24.0 Å². The minimum atomic E-state index is 0.287. The van der Waals surface area contributed by atoms with Crippen LogP contribution in [0.4, 0.5) is 0 Å². The van der Waals surface area contributed by atoms with Gasteiger partial charge in [-0.05, 0) is 44.4 Å². The molecule has 1 aromatic heterocycles. The van der Waals surface area contributed by atoms with Crippen molar-refractivity contribution >= 4 is 0 Å². The van der Waals surface area contributed by atoms with E-state index in [0.29, 0.717) is 12.0 Å². The lowest BCUT2D eigenvalue weighted by Crippen LogP contribution is -2.24. The van der Waals surface area contributed by atoms with Crippen LogP contribution < -0.4 is 5.32 Å². The van der Waals surface area contributed by atoms with Crippen molar-refractivity contribution in [3.8, 4) is 0 Å². The largest absolute Gasteiger partial charge is 0.339 e. The Morgan fingerprint density at radius 2 is 2.29 bits per heavy atom. The van der Waals surface area contributed by atoms with Gasteiger partial charge in [-0.2, -0.15) is 4.98 Å². The summed E-state index contributed by atoms with van der Waals surface area (Å²) >= 11 is 0. The smallest absolute Gasteiger partial charge is 0.230 e. The zero-order chi connectivity index (χ0) is 14.4. The molecule has 2 aromatic rings. The molecule has 3 atom stereocenters. The quantitative estimate of drug-likeness (QED) is 0.937. The van der Waals surface area contributed by atoms with Gasteiger partial charge in [-0.1, -0.05) is 29.4 Å². The fraction of sp³-hybridized carbons (Fsp3) is 0.529. The molecule has 1 aromatic carbocycles. The Labute approximate surface area is 124 Å². The van der Waals surface area contributed by atoms with Crippen LogP contribution in [0.5, 0.6) is 0 Å². The maximum atomic E-state index is 5.55. The minimum Gasteiger partial charge on any atom is -0.339 e. The fourth-order valence-corrected chi connectivity index (χ4v) is 3.79. The summed E-state index contributed by atoms with van der Waals surface area (Å²) in [5.41, 5.74) is 3.30. The monoisotopic (exact) mass is 283 g/mol. The van der Waals surface area contributed by atoms with Crippen molar-refractivity contribution in [3.63, 3.8) is 0 Å². The molecule has 2 aliphatic carbocycles. The molecule has 1 spiro atoms. The van der Waals surface area contributed by atoms with Crippen molar-refractivity contribution in [2.24, 2.45) is 0 Å². The predicted octanol–water partition coefficient (Wildman–Crippen LogP) is 2.59. The van der Waals surface area contributed by atoms with E-state index in [1.807, 2.05) is 7.05 Å². The SMILES string of the molecule is CNC(C)Cc1noc(C2CC23CCc2ccccc23)n1. The lowest BCUT2D eigenvalue weighted by molar-refractivity contribution is 0.365. The van der Waals surface area contributed by atoms with Crippen molar-refractivity contribution < 1.29 is 4.52 Å². The van der Waals surface area contributed by atoms with Gasteiger partial charge in [0.2, 0.25) is 5.89 Å². The molecule has 21 heavy (non-hydrogen) atoms. The van der Waals surface area contributed by atoms with Crippen LogP contribution in [0.3, 0.4) is 0 Å². The number of fused-ring (bicyclic) bond motifs is 2. The lowest BCUT2D eigenvalue weighted by atomic mass is 9.95. The summed E-state index contributed by atoms with van der Waals surface area (Å²) in [7, 11) is 1.96. The number of aryl methyl sites for hydroxylation is 1. The average molecular weight is 283 g/mol. The van der Waals surface area contributed by atoms with Gasteiger partial charge in [-0.25, -0.2) is 0 Å². The molecule has 4 heteroatoms. The molecule has 0 radical (unpaired) electrons. The number of rotatable bonds is 4. The zero-order valence-corrected chi connectivity index (χ0v) is 12.6. The number of nitrogens with one attached hydrogen (secondary N) is 1. The van der Waals surface area contributed by atoms with Crippen LogP contribution in [0.2, 0.25) is 0 Å². The molecule has 1 fully saturated rings. The second-order valence-electron chi connectivity index (χ2n) is 6.51. The van der Waals surface area contributed by atoms with Gasteiger partial charge in [-0.3, -0.25) is 0 Å². The van der Waals surface area contributed by atoms with Crippen molar-refractivity contribution in [1.82, 2.24) is 15.5 Å². The highest BCUT2D eigenvalue weighted by molar-refractivity contribution is 5.48. The van der Waals surface area contributed by atoms with Gasteiger partial charge in [0, 0.05) is 23.8 Å². The molecule has 4 nitrogen and oxygen atoms in total. The standard InChI is InChI=1S/C17H21N3O/c1-11(18-2)9-15-19-16(21-20-15)14-10-17(14)8-7-12-5-3-4-6-13(12)17/h3-6,11,14,18H,7-10H2,1-2H3. The van der Waals surface area contributed by atoms with E-state index in [1.54, 1.807) is 0 Å². The van der Waals surface area contributed by atoms with Gasteiger partial charge in [0.1, 0.15) is 0 Å². The summed E-state index contributed by atoms with van der Waals surface area (Å²) in [6.07, 6.45) is 4.38. The van der Waals surface area contributed by atoms with Gasteiger partial charge < -0.3 is 9.84 Å². The highest BCUT2D eigenvalue weighted by atomic mass is 16.5. The van der Waals surface area contributed by atoms with E-state index in [4.69, 9.17) is 4.52 Å². The van der Waals surface area contributed by atoms with Crippen molar-refractivity contribution in [1.29, 1.82) is 0 Å². The first kappa shape index (κ1) is 13.0. The first-order valence-electron chi connectivity index (χ1n) is 7.81. The number of hydrogen-bond donors (Lipinski definition) is 1. The third kappa shape index (κ3) is 2.01. The van der Waals surface area contributed by atoms with E-state index in [9.17, 15) is 0 Å². The molecule has 3 unspecified atom stereocenters. The number of hydrogen-bond acceptors (Lipinski definition) is 4. The summed E-state index contributed by atoms with van der Waals surface area (Å²) in [5, 5.41) is 7.36. The van der Waals surface area contributed by atoms with E-state index in [-0.39, 0.29) is 5.41 Å². The number of aromatic nitrogens is 2. The molecular formula is C17H21N3O. The van der Waals surface area contributed by atoms with Gasteiger partial charge in [0.15, 0.2) is 5.82 Å². The van der Waals surface area contributed by atoms with E-state index >= 15 is 0 Å². The van der Waals surface area contributed by atoms with E-state index in [2.05, 4.69) is 46.6 Å². The summed E-state index contributed by atoms with van der Waals surface area (Å²) in [6.45, 7) is 2.13. The second-order valence-corrected chi connectivity index (χ2v) is 6.51. The summed E-state index contributed by atoms with van der Waals surface area (Å²) < 4.78 is 5.55. The topological polar surface area (TPSA) is 51.0 Å². The van der Waals surface area contributed by atoms with Gasteiger partial charge >= 0.3 is 0 Å². The molecule has 0 bridgehead atoms. The molecule has 0 amide bonds. The van der Waals surface area contributed by atoms with Crippen LogP contribution in [0.1, 0.15) is 48.5 Å². The Hall–Kier alpha value is -1.68. The predicted molar refractivity (Wildman–Crippen MR) is 80.3 cm³/mol. The van der Waals surface area contributed by atoms with Gasteiger partial charge in [-0.15, -0.1) is 0 Å². The highest BCUT2D eigenvalue weighted by Crippen LogP contribution is 2.65. The second kappa shape index (κ2) is 4.67. The van der Waals surface area contributed by atoms with Gasteiger partial charge in [0.05, 0.1) is 0 Å². The molecule has 1 saturated carbocycles. The molecule has 110 valence electrons. The Kier molecular flexibility index (Phi) is 2.89. The molecule has 0 saturated heterocycles. The number of nitrogens with zero attached hydrogens (tertiary/aromatic N) is 2. The lowest BCUT2D eigenvalue weighted by Gasteiger charge is -2.09. The maximum absolute atomic E-state index is 5.55. The molecule has 1 N–H and O–H groups in total. The average Bonchev–Trinajstić information content (AvgIpc) is 2.86. The van der Waals surface area contributed by atoms with Crippen LogP contribution in [0.25, 0.3) is 0 Å². The van der Waals surface area contributed by atoms with Crippen molar-refractivity contribution in [3.05, 3.63) is 47.1 Å². The summed E-state index contributed by atoms with van der Waals surface area (Å²) in [4.78, 5) is 4.63. The van der Waals surface area contributed by atoms with Crippen LogP contribution >= 0.6 is 0 Å². The van der Waals surface area contributed by atoms with Crippen LogP contribution in [-0.2, 0) is 18.3 Å². The third-order valence-electron chi connectivity index (χ3n) is 5.23. The Morgan fingerprint density at radius 1 is 1.43 bits per heavy atom. The van der Waals surface area contributed by atoms with Gasteiger partial charge in [0.25, 0.3) is 0 Å². The molecular weight excluding hydrogens is 262 g/mol. The number of benzene rings is 1. The Morgan fingerprint density at radius 3 is 3.14 bits per heavy atom. The molecule has 4 rings (SSSR count). The van der Waals surface area contributed by atoms with Crippen LogP contribution in [0.15, 0.2) is 28.8 Å². The molecule has 0 aliphatic heterocycles. The third-order valence-corrected chi connectivity index (χ3v) is 5.23. The van der Waals surface area contributed by atoms with Crippen LogP contribution in [0, 0.1) is 0 Å². The van der Waals surface area contributed by atoms with Crippen molar-refractivity contribution in [2.75, 3.05) is 7.05 Å². The number of likely N-dealkylation sites (N-methyl/N-ethyl adjacent to an activating group) is 1. The minimum absolute atomic E-state index is 0.287. The Balaban J connectivity index is 1.55. The normalized spacial score (nSPS) is 27.8. The maximum Gasteiger partial charge on any atom is 0.230 e. The highest BCUT2D eigenvalue weighted by Gasteiger charge is 2.61. The molecule has 1 heterocycles. The summed E-state index contributed by atoms with van der Waals surface area (Å²) in [6, 6.07) is 9.19. The zero-order valence-electron chi connectivity index (χ0n) is 12.6. The first-order valence-corrected chi connectivity index (χ1v) is 7.81. The van der Waals surface area contributed by atoms with E-state index < -0.39 is 0 Å². The van der Waals surface area contributed by atoms with Crippen molar-refractivity contribution in [2.45, 2.75) is 50.0 Å².